The Kier molecular flexibility index (Phi) is 4.43. The third-order valence-electron chi connectivity index (χ3n) is 3.78. The zero-order valence-corrected chi connectivity index (χ0v) is 11.8. The van der Waals surface area contributed by atoms with Crippen molar-refractivity contribution in [1.29, 1.82) is 0 Å². The lowest BCUT2D eigenvalue weighted by Crippen LogP contribution is -2.27. The van der Waals surface area contributed by atoms with Gasteiger partial charge in [0.25, 0.3) is 5.91 Å². The van der Waals surface area contributed by atoms with Crippen LogP contribution in [0.15, 0.2) is 18.2 Å². The average molecular weight is 262 g/mol. The van der Waals surface area contributed by atoms with Gasteiger partial charge in [-0.2, -0.15) is 0 Å². The maximum Gasteiger partial charge on any atom is 0.251 e. The third kappa shape index (κ3) is 3.26. The highest BCUT2D eigenvalue weighted by atomic mass is 16.5. The van der Waals surface area contributed by atoms with E-state index in [4.69, 9.17) is 4.74 Å². The van der Waals surface area contributed by atoms with E-state index in [1.54, 1.807) is 7.05 Å². The molecule has 1 amide bonds. The summed E-state index contributed by atoms with van der Waals surface area (Å²) in [7, 11) is 1.65. The number of hydrogen-bond acceptors (Lipinski definition) is 3. The Hall–Kier alpha value is -1.55. The molecule has 1 heterocycles. The highest BCUT2D eigenvalue weighted by Crippen LogP contribution is 2.23. The minimum absolute atomic E-state index is 0.0556. The fraction of sp³-hybridized carbons (Fsp3) is 0.533. The van der Waals surface area contributed by atoms with Crippen LogP contribution in [0.25, 0.3) is 0 Å². The molecule has 2 rings (SSSR count). The first-order valence-electron chi connectivity index (χ1n) is 6.79. The molecule has 19 heavy (non-hydrogen) atoms. The Morgan fingerprint density at radius 2 is 2.26 bits per heavy atom. The Balaban J connectivity index is 2.12. The lowest BCUT2D eigenvalue weighted by atomic mass is 9.99. The quantitative estimate of drug-likeness (QED) is 0.874. The van der Waals surface area contributed by atoms with Crippen molar-refractivity contribution in [2.75, 3.05) is 25.6 Å². The molecule has 104 valence electrons. The Morgan fingerprint density at radius 3 is 2.89 bits per heavy atom. The van der Waals surface area contributed by atoms with Gasteiger partial charge in [0.2, 0.25) is 0 Å². The normalized spacial score (nSPS) is 20.1. The molecule has 4 heteroatoms. The predicted octanol–water partition coefficient (Wildman–Crippen LogP) is 2.19. The number of anilines is 1. The van der Waals surface area contributed by atoms with Gasteiger partial charge >= 0.3 is 0 Å². The van der Waals surface area contributed by atoms with E-state index in [1.807, 2.05) is 25.1 Å². The van der Waals surface area contributed by atoms with E-state index in [1.165, 1.54) is 0 Å². The minimum atomic E-state index is -0.0556. The molecule has 0 radical (unpaired) electrons. The van der Waals surface area contributed by atoms with Gasteiger partial charge < -0.3 is 15.4 Å². The Morgan fingerprint density at radius 1 is 1.47 bits per heavy atom. The lowest BCUT2D eigenvalue weighted by molar-refractivity contribution is 0.0963. The zero-order valence-electron chi connectivity index (χ0n) is 11.8. The number of ether oxygens (including phenoxy) is 1. The van der Waals surface area contributed by atoms with E-state index in [2.05, 4.69) is 17.6 Å². The van der Waals surface area contributed by atoms with Crippen molar-refractivity contribution >= 4 is 11.6 Å². The van der Waals surface area contributed by atoms with E-state index in [9.17, 15) is 4.79 Å². The maximum absolute atomic E-state index is 11.7. The summed E-state index contributed by atoms with van der Waals surface area (Å²) >= 11 is 0. The van der Waals surface area contributed by atoms with Crippen LogP contribution in [-0.4, -0.2) is 32.2 Å². The molecule has 1 fully saturated rings. The summed E-state index contributed by atoms with van der Waals surface area (Å²) in [6.07, 6.45) is 1.10. The van der Waals surface area contributed by atoms with Gasteiger partial charge in [0.15, 0.2) is 0 Å². The number of nitrogens with one attached hydrogen (secondary N) is 2. The van der Waals surface area contributed by atoms with Crippen molar-refractivity contribution in [2.24, 2.45) is 5.92 Å². The highest BCUT2D eigenvalue weighted by molar-refractivity contribution is 5.95. The second-order valence-electron chi connectivity index (χ2n) is 5.17. The van der Waals surface area contributed by atoms with Gasteiger partial charge in [-0.1, -0.05) is 6.07 Å². The van der Waals surface area contributed by atoms with Crippen molar-refractivity contribution in [3.8, 4) is 0 Å². The van der Waals surface area contributed by atoms with Crippen LogP contribution >= 0.6 is 0 Å². The number of carbonyl (C=O) groups is 1. The molecular formula is C15H22N2O2. The maximum atomic E-state index is 11.7. The zero-order chi connectivity index (χ0) is 13.8. The van der Waals surface area contributed by atoms with Crippen LogP contribution in [0.1, 0.15) is 29.3 Å². The molecule has 2 unspecified atom stereocenters. The molecule has 4 nitrogen and oxygen atoms in total. The number of rotatable bonds is 4. The summed E-state index contributed by atoms with van der Waals surface area (Å²) in [6.45, 7) is 5.90. The van der Waals surface area contributed by atoms with Crippen molar-refractivity contribution in [3.05, 3.63) is 29.3 Å². The van der Waals surface area contributed by atoms with Crippen molar-refractivity contribution in [2.45, 2.75) is 26.3 Å². The number of carbonyl (C=O) groups excluding carboxylic acids is 1. The number of amides is 1. The minimum Gasteiger partial charge on any atom is -0.382 e. The topological polar surface area (TPSA) is 50.4 Å². The van der Waals surface area contributed by atoms with Crippen molar-refractivity contribution in [1.82, 2.24) is 5.32 Å². The standard InChI is InChI=1S/C15H22N2O2/c1-10-4-5-12(15(18)16-3)8-14(10)17-11(2)13-6-7-19-9-13/h4-5,8,11,13,17H,6-7,9H2,1-3H3,(H,16,18). The summed E-state index contributed by atoms with van der Waals surface area (Å²) in [4.78, 5) is 11.7. The lowest BCUT2D eigenvalue weighted by Gasteiger charge is -2.22. The largest absolute Gasteiger partial charge is 0.382 e. The van der Waals surface area contributed by atoms with Gasteiger partial charge in [-0.25, -0.2) is 0 Å². The van der Waals surface area contributed by atoms with Crippen LogP contribution in [0.3, 0.4) is 0 Å². The van der Waals surface area contributed by atoms with Crippen LogP contribution in [0, 0.1) is 12.8 Å². The molecule has 0 bridgehead atoms. The average Bonchev–Trinajstić information content (AvgIpc) is 2.94. The third-order valence-corrected chi connectivity index (χ3v) is 3.78. The van der Waals surface area contributed by atoms with E-state index in [-0.39, 0.29) is 5.91 Å². The first kappa shape index (κ1) is 13.9. The summed E-state index contributed by atoms with van der Waals surface area (Å²) < 4.78 is 5.42. The van der Waals surface area contributed by atoms with E-state index < -0.39 is 0 Å². The van der Waals surface area contributed by atoms with Crippen LogP contribution < -0.4 is 10.6 Å². The molecule has 0 spiro atoms. The van der Waals surface area contributed by atoms with E-state index in [0.29, 0.717) is 17.5 Å². The molecule has 0 aliphatic carbocycles. The SMILES string of the molecule is CNC(=O)c1ccc(C)c(NC(C)C2CCOC2)c1. The van der Waals surface area contributed by atoms with Crippen molar-refractivity contribution < 1.29 is 9.53 Å². The first-order chi connectivity index (χ1) is 9.11. The Bertz CT molecular complexity index is 453. The summed E-state index contributed by atoms with van der Waals surface area (Å²) in [5.74, 6) is 0.489. The van der Waals surface area contributed by atoms with Gasteiger partial charge in [-0.3, -0.25) is 4.79 Å². The molecule has 0 aromatic heterocycles. The van der Waals surface area contributed by atoms with Gasteiger partial charge in [-0.05, 0) is 38.0 Å². The van der Waals surface area contributed by atoms with Gasteiger partial charge in [0, 0.05) is 36.9 Å². The molecule has 1 aliphatic heterocycles. The summed E-state index contributed by atoms with van der Waals surface area (Å²) in [5, 5.41) is 6.16. The predicted molar refractivity (Wildman–Crippen MR) is 76.6 cm³/mol. The van der Waals surface area contributed by atoms with Gasteiger partial charge in [0.1, 0.15) is 0 Å². The van der Waals surface area contributed by atoms with E-state index >= 15 is 0 Å². The van der Waals surface area contributed by atoms with Gasteiger partial charge in [0.05, 0.1) is 6.61 Å². The smallest absolute Gasteiger partial charge is 0.251 e. The second kappa shape index (κ2) is 6.06. The van der Waals surface area contributed by atoms with E-state index in [0.717, 1.165) is 30.9 Å². The molecule has 1 aromatic carbocycles. The monoisotopic (exact) mass is 262 g/mol. The van der Waals surface area contributed by atoms with Crippen molar-refractivity contribution in [3.63, 3.8) is 0 Å². The summed E-state index contributed by atoms with van der Waals surface area (Å²) in [6, 6.07) is 6.09. The Labute approximate surface area is 114 Å². The molecule has 2 N–H and O–H groups in total. The fourth-order valence-electron chi connectivity index (χ4n) is 2.37. The van der Waals surface area contributed by atoms with Gasteiger partial charge in [-0.15, -0.1) is 0 Å². The molecule has 1 aromatic rings. The van der Waals surface area contributed by atoms with Crippen LogP contribution in [0.4, 0.5) is 5.69 Å². The second-order valence-corrected chi connectivity index (χ2v) is 5.17. The fourth-order valence-corrected chi connectivity index (χ4v) is 2.37. The molecule has 0 saturated carbocycles. The first-order valence-corrected chi connectivity index (χ1v) is 6.79. The molecule has 1 saturated heterocycles. The van der Waals surface area contributed by atoms with Crippen LogP contribution in [0.5, 0.6) is 0 Å². The van der Waals surface area contributed by atoms with Crippen LogP contribution in [-0.2, 0) is 4.74 Å². The number of aryl methyl sites for hydroxylation is 1. The van der Waals surface area contributed by atoms with Crippen LogP contribution in [0.2, 0.25) is 0 Å². The number of hydrogen-bond donors (Lipinski definition) is 2. The summed E-state index contributed by atoms with van der Waals surface area (Å²) in [5.41, 5.74) is 2.87. The molecular weight excluding hydrogens is 240 g/mol. The molecule has 1 aliphatic rings. The molecule has 2 atom stereocenters. The number of benzene rings is 1. The highest BCUT2D eigenvalue weighted by Gasteiger charge is 2.22.